The van der Waals surface area contributed by atoms with Crippen molar-refractivity contribution in [1.29, 1.82) is 0 Å². The fourth-order valence-electron chi connectivity index (χ4n) is 3.61. The molecule has 0 radical (unpaired) electrons. The summed E-state index contributed by atoms with van der Waals surface area (Å²) in [5.41, 5.74) is 6.03. The van der Waals surface area contributed by atoms with Gasteiger partial charge in [-0.15, -0.1) is 12.4 Å². The van der Waals surface area contributed by atoms with Gasteiger partial charge in [0.15, 0.2) is 0 Å². The minimum Gasteiger partial charge on any atom is -0.353 e. The van der Waals surface area contributed by atoms with Crippen LogP contribution in [0.4, 0.5) is 0 Å². The van der Waals surface area contributed by atoms with Crippen molar-refractivity contribution in [2.24, 2.45) is 23.5 Å². The van der Waals surface area contributed by atoms with Gasteiger partial charge in [0.05, 0.1) is 0 Å². The Balaban J connectivity index is 0.00000180. The second-order valence-corrected chi connectivity index (χ2v) is 6.50. The summed E-state index contributed by atoms with van der Waals surface area (Å²) in [6.07, 6.45) is 7.75. The van der Waals surface area contributed by atoms with Crippen molar-refractivity contribution in [1.82, 2.24) is 5.32 Å². The number of carbonyl (C=O) groups excluding carboxylic acids is 1. The van der Waals surface area contributed by atoms with Gasteiger partial charge in [-0.05, 0) is 37.0 Å². The highest BCUT2D eigenvalue weighted by molar-refractivity contribution is 5.85. The molecule has 3 nitrogen and oxygen atoms in total. The smallest absolute Gasteiger partial charge is 0.220 e. The van der Waals surface area contributed by atoms with Gasteiger partial charge in [0.1, 0.15) is 0 Å². The number of halogens is 1. The molecule has 2 saturated carbocycles. The van der Waals surface area contributed by atoms with Crippen molar-refractivity contribution < 1.29 is 4.79 Å². The van der Waals surface area contributed by atoms with Crippen LogP contribution in [-0.2, 0) is 4.79 Å². The molecule has 2 rings (SSSR count). The van der Waals surface area contributed by atoms with Crippen molar-refractivity contribution in [3.63, 3.8) is 0 Å². The number of rotatable bonds is 3. The van der Waals surface area contributed by atoms with Crippen LogP contribution in [0.1, 0.15) is 58.8 Å². The van der Waals surface area contributed by atoms with Crippen LogP contribution >= 0.6 is 12.4 Å². The van der Waals surface area contributed by atoms with E-state index in [0.717, 1.165) is 25.2 Å². The predicted octanol–water partition coefficient (Wildman–Crippen LogP) is 2.87. The van der Waals surface area contributed by atoms with E-state index in [9.17, 15) is 4.79 Å². The molecule has 19 heavy (non-hydrogen) atoms. The third kappa shape index (κ3) is 4.35. The van der Waals surface area contributed by atoms with E-state index in [0.29, 0.717) is 24.3 Å². The summed E-state index contributed by atoms with van der Waals surface area (Å²) in [6.45, 7) is 4.58. The molecule has 2 fully saturated rings. The van der Waals surface area contributed by atoms with E-state index in [1.807, 2.05) is 0 Å². The van der Waals surface area contributed by atoms with Crippen LogP contribution in [0.15, 0.2) is 0 Å². The van der Waals surface area contributed by atoms with Crippen molar-refractivity contribution in [2.45, 2.75) is 70.9 Å². The Kier molecular flexibility index (Phi) is 6.61. The van der Waals surface area contributed by atoms with Gasteiger partial charge in [0.25, 0.3) is 0 Å². The fraction of sp³-hybridized carbons (Fsp3) is 0.933. The van der Waals surface area contributed by atoms with Crippen LogP contribution in [0, 0.1) is 17.8 Å². The highest BCUT2D eigenvalue weighted by Crippen LogP contribution is 2.30. The van der Waals surface area contributed by atoms with Gasteiger partial charge in [-0.1, -0.05) is 33.1 Å². The molecular weight excluding hydrogens is 260 g/mol. The lowest BCUT2D eigenvalue weighted by Gasteiger charge is -2.34. The summed E-state index contributed by atoms with van der Waals surface area (Å²) in [6, 6.07) is 0.636. The maximum absolute atomic E-state index is 12.1. The number of amides is 1. The first kappa shape index (κ1) is 16.8. The maximum atomic E-state index is 12.1. The Morgan fingerprint density at radius 3 is 2.47 bits per heavy atom. The summed E-state index contributed by atoms with van der Waals surface area (Å²) in [5.74, 6) is 1.99. The topological polar surface area (TPSA) is 55.1 Å². The van der Waals surface area contributed by atoms with Gasteiger partial charge in [-0.2, -0.15) is 0 Å². The molecule has 2 aliphatic rings. The molecule has 0 spiro atoms. The van der Waals surface area contributed by atoms with Crippen LogP contribution in [0.3, 0.4) is 0 Å². The lowest BCUT2D eigenvalue weighted by molar-refractivity contribution is -0.123. The highest BCUT2D eigenvalue weighted by atomic mass is 35.5. The van der Waals surface area contributed by atoms with Crippen molar-refractivity contribution >= 4 is 18.3 Å². The minimum atomic E-state index is 0. The molecule has 112 valence electrons. The Hall–Kier alpha value is -0.280. The average molecular weight is 289 g/mol. The Bertz CT molecular complexity index is 298. The lowest BCUT2D eigenvalue weighted by Crippen LogP contribution is -2.44. The quantitative estimate of drug-likeness (QED) is 0.839. The highest BCUT2D eigenvalue weighted by Gasteiger charge is 2.30. The van der Waals surface area contributed by atoms with Crippen molar-refractivity contribution in [2.75, 3.05) is 0 Å². The van der Waals surface area contributed by atoms with Crippen LogP contribution in [0.25, 0.3) is 0 Å². The molecule has 0 aliphatic heterocycles. The SMILES string of the molecule is CC1CCCC(NC(=O)C[C@@H]2CCC[C@H]2N)C1C.Cl. The van der Waals surface area contributed by atoms with Gasteiger partial charge in [-0.3, -0.25) is 4.79 Å². The molecule has 5 atom stereocenters. The van der Waals surface area contributed by atoms with E-state index < -0.39 is 0 Å². The molecule has 0 bridgehead atoms. The summed E-state index contributed by atoms with van der Waals surface area (Å²) < 4.78 is 0. The summed E-state index contributed by atoms with van der Waals surface area (Å²) in [5, 5.41) is 3.25. The molecule has 0 aromatic carbocycles. The predicted molar refractivity (Wildman–Crippen MR) is 81.3 cm³/mol. The summed E-state index contributed by atoms with van der Waals surface area (Å²) in [7, 11) is 0. The second-order valence-electron chi connectivity index (χ2n) is 6.50. The first-order valence-corrected chi connectivity index (χ1v) is 7.63. The zero-order valence-electron chi connectivity index (χ0n) is 12.2. The zero-order valence-corrected chi connectivity index (χ0v) is 13.0. The van der Waals surface area contributed by atoms with E-state index in [1.54, 1.807) is 0 Å². The van der Waals surface area contributed by atoms with Gasteiger partial charge in [0, 0.05) is 18.5 Å². The van der Waals surface area contributed by atoms with Crippen LogP contribution in [0.2, 0.25) is 0 Å². The third-order valence-corrected chi connectivity index (χ3v) is 5.22. The van der Waals surface area contributed by atoms with Gasteiger partial charge < -0.3 is 11.1 Å². The number of hydrogen-bond donors (Lipinski definition) is 2. The zero-order chi connectivity index (χ0) is 13.1. The molecule has 1 amide bonds. The second kappa shape index (κ2) is 7.49. The first-order valence-electron chi connectivity index (χ1n) is 7.63. The summed E-state index contributed by atoms with van der Waals surface area (Å²) >= 11 is 0. The van der Waals surface area contributed by atoms with Gasteiger partial charge in [-0.25, -0.2) is 0 Å². The van der Waals surface area contributed by atoms with E-state index in [2.05, 4.69) is 19.2 Å². The molecule has 0 aromatic rings. The van der Waals surface area contributed by atoms with Gasteiger partial charge in [0.2, 0.25) is 5.91 Å². The Morgan fingerprint density at radius 1 is 1.16 bits per heavy atom. The lowest BCUT2D eigenvalue weighted by atomic mass is 9.78. The molecule has 3 N–H and O–H groups in total. The Labute approximate surface area is 123 Å². The average Bonchev–Trinajstić information content (AvgIpc) is 2.71. The molecule has 4 heteroatoms. The number of carbonyl (C=O) groups is 1. The number of nitrogens with two attached hydrogens (primary N) is 1. The van der Waals surface area contributed by atoms with Crippen molar-refractivity contribution in [3.05, 3.63) is 0 Å². The number of nitrogens with one attached hydrogen (secondary N) is 1. The molecule has 2 aliphatic carbocycles. The molecule has 3 unspecified atom stereocenters. The van der Waals surface area contributed by atoms with Crippen LogP contribution < -0.4 is 11.1 Å². The Morgan fingerprint density at radius 2 is 1.84 bits per heavy atom. The third-order valence-electron chi connectivity index (χ3n) is 5.22. The molecule has 0 aromatic heterocycles. The fourth-order valence-corrected chi connectivity index (χ4v) is 3.61. The molecule has 0 heterocycles. The van der Waals surface area contributed by atoms with Crippen LogP contribution in [-0.4, -0.2) is 18.0 Å². The molecule has 0 saturated heterocycles. The van der Waals surface area contributed by atoms with Crippen molar-refractivity contribution in [3.8, 4) is 0 Å². The number of hydrogen-bond acceptors (Lipinski definition) is 2. The van der Waals surface area contributed by atoms with E-state index >= 15 is 0 Å². The maximum Gasteiger partial charge on any atom is 0.220 e. The standard InChI is InChI=1S/C15H28N2O.ClH/c1-10-5-3-8-14(11(10)2)17-15(18)9-12-6-4-7-13(12)16;/h10-14H,3-9,16H2,1-2H3,(H,17,18);1H/t10?,11?,12-,13+,14?;/m0./s1. The van der Waals surface area contributed by atoms with E-state index in [-0.39, 0.29) is 24.4 Å². The first-order chi connectivity index (χ1) is 8.58. The van der Waals surface area contributed by atoms with Gasteiger partial charge >= 0.3 is 0 Å². The largest absolute Gasteiger partial charge is 0.353 e. The monoisotopic (exact) mass is 288 g/mol. The molecular formula is C15H29ClN2O. The summed E-state index contributed by atoms with van der Waals surface area (Å²) in [4.78, 5) is 12.1. The van der Waals surface area contributed by atoms with Crippen LogP contribution in [0.5, 0.6) is 0 Å². The van der Waals surface area contributed by atoms with E-state index in [4.69, 9.17) is 5.73 Å². The van der Waals surface area contributed by atoms with E-state index in [1.165, 1.54) is 19.3 Å². The minimum absolute atomic E-state index is 0. The normalized spacial score (nSPS) is 38.6.